The van der Waals surface area contributed by atoms with Crippen molar-refractivity contribution in [2.45, 2.75) is 13.8 Å². The molecule has 0 saturated carbocycles. The number of amides is 1. The number of anilines is 1. The van der Waals surface area contributed by atoms with Crippen molar-refractivity contribution in [3.05, 3.63) is 53.1 Å². The number of esters is 1. The topological polar surface area (TPSA) is 95.9 Å². The SMILES string of the molecule is Cc1ccc(NC(=O)COC(=O)c2c(O)cccc2O)c(C)c1. The third-order valence-corrected chi connectivity index (χ3v) is 3.21. The van der Waals surface area contributed by atoms with Crippen molar-refractivity contribution in [1.82, 2.24) is 0 Å². The standard InChI is InChI=1S/C17H17NO5/c1-10-6-7-12(11(2)8-10)18-15(21)9-23-17(22)16-13(19)4-3-5-14(16)20/h3-8,19-20H,9H2,1-2H3,(H,18,21). The van der Waals surface area contributed by atoms with E-state index in [1.54, 1.807) is 6.07 Å². The highest BCUT2D eigenvalue weighted by Crippen LogP contribution is 2.26. The van der Waals surface area contributed by atoms with Gasteiger partial charge in [-0.1, -0.05) is 23.8 Å². The molecule has 0 aromatic heterocycles. The number of phenols is 2. The molecule has 0 radical (unpaired) electrons. The molecule has 1 amide bonds. The lowest BCUT2D eigenvalue weighted by Gasteiger charge is -2.10. The molecule has 0 atom stereocenters. The van der Waals surface area contributed by atoms with Gasteiger partial charge < -0.3 is 20.3 Å². The van der Waals surface area contributed by atoms with E-state index in [4.69, 9.17) is 4.74 Å². The number of rotatable bonds is 4. The first-order valence-electron chi connectivity index (χ1n) is 6.93. The van der Waals surface area contributed by atoms with Crippen LogP contribution in [0, 0.1) is 13.8 Å². The average molecular weight is 315 g/mol. The third-order valence-electron chi connectivity index (χ3n) is 3.21. The van der Waals surface area contributed by atoms with E-state index in [0.29, 0.717) is 5.69 Å². The Kier molecular flexibility index (Phi) is 4.85. The second-order valence-corrected chi connectivity index (χ2v) is 5.11. The molecule has 2 aromatic carbocycles. The summed E-state index contributed by atoms with van der Waals surface area (Å²) in [7, 11) is 0. The first kappa shape index (κ1) is 16.4. The van der Waals surface area contributed by atoms with E-state index >= 15 is 0 Å². The lowest BCUT2D eigenvalue weighted by molar-refractivity contribution is -0.119. The number of hydrogen-bond donors (Lipinski definition) is 3. The summed E-state index contributed by atoms with van der Waals surface area (Å²) in [4.78, 5) is 23.7. The molecule has 0 unspecified atom stereocenters. The summed E-state index contributed by atoms with van der Waals surface area (Å²) in [6.45, 7) is 3.27. The van der Waals surface area contributed by atoms with Gasteiger partial charge in [0, 0.05) is 5.69 Å². The zero-order valence-corrected chi connectivity index (χ0v) is 12.8. The molecule has 0 aliphatic carbocycles. The van der Waals surface area contributed by atoms with E-state index in [-0.39, 0.29) is 5.56 Å². The van der Waals surface area contributed by atoms with Gasteiger partial charge in [0.15, 0.2) is 6.61 Å². The number of phenolic OH excluding ortho intramolecular Hbond substituents is 2. The molecule has 0 spiro atoms. The second-order valence-electron chi connectivity index (χ2n) is 5.11. The van der Waals surface area contributed by atoms with Gasteiger partial charge in [0.1, 0.15) is 17.1 Å². The second kappa shape index (κ2) is 6.83. The van der Waals surface area contributed by atoms with Gasteiger partial charge in [-0.2, -0.15) is 0 Å². The summed E-state index contributed by atoms with van der Waals surface area (Å²) in [5.74, 6) is -2.31. The van der Waals surface area contributed by atoms with Gasteiger partial charge in [0.2, 0.25) is 0 Å². The number of carbonyl (C=O) groups excluding carboxylic acids is 2. The molecule has 0 aliphatic heterocycles. The minimum absolute atomic E-state index is 0.369. The van der Waals surface area contributed by atoms with Crippen LogP contribution in [0.2, 0.25) is 0 Å². The number of nitrogens with one attached hydrogen (secondary N) is 1. The third kappa shape index (κ3) is 4.00. The number of carbonyl (C=O) groups is 2. The van der Waals surface area contributed by atoms with Crippen molar-refractivity contribution >= 4 is 17.6 Å². The molecule has 0 aliphatic rings. The largest absolute Gasteiger partial charge is 0.507 e. The lowest BCUT2D eigenvalue weighted by atomic mass is 10.1. The highest BCUT2D eigenvalue weighted by molar-refractivity contribution is 5.98. The number of aromatic hydroxyl groups is 2. The van der Waals surface area contributed by atoms with Crippen LogP contribution in [0.25, 0.3) is 0 Å². The van der Waals surface area contributed by atoms with Gasteiger partial charge in [-0.05, 0) is 37.6 Å². The molecule has 120 valence electrons. The number of aryl methyl sites for hydroxylation is 2. The van der Waals surface area contributed by atoms with Crippen LogP contribution in [0.3, 0.4) is 0 Å². The average Bonchev–Trinajstić information content (AvgIpc) is 2.48. The number of benzene rings is 2. The summed E-state index contributed by atoms with van der Waals surface area (Å²) in [6.07, 6.45) is 0. The summed E-state index contributed by atoms with van der Waals surface area (Å²) in [5.41, 5.74) is 2.22. The zero-order chi connectivity index (χ0) is 17.0. The van der Waals surface area contributed by atoms with Crippen LogP contribution >= 0.6 is 0 Å². The Morgan fingerprint density at radius 3 is 2.35 bits per heavy atom. The molecule has 0 saturated heterocycles. The summed E-state index contributed by atoms with van der Waals surface area (Å²) < 4.78 is 4.82. The molecule has 2 aromatic rings. The fraction of sp³-hybridized carbons (Fsp3) is 0.176. The summed E-state index contributed by atoms with van der Waals surface area (Å²) >= 11 is 0. The van der Waals surface area contributed by atoms with E-state index in [0.717, 1.165) is 11.1 Å². The van der Waals surface area contributed by atoms with Crippen molar-refractivity contribution in [2.75, 3.05) is 11.9 Å². The molecular weight excluding hydrogens is 298 g/mol. The molecule has 0 fully saturated rings. The van der Waals surface area contributed by atoms with E-state index in [9.17, 15) is 19.8 Å². The first-order chi connectivity index (χ1) is 10.9. The highest BCUT2D eigenvalue weighted by Gasteiger charge is 2.18. The molecule has 23 heavy (non-hydrogen) atoms. The molecule has 0 heterocycles. The van der Waals surface area contributed by atoms with Crippen molar-refractivity contribution in [3.63, 3.8) is 0 Å². The Morgan fingerprint density at radius 1 is 1.09 bits per heavy atom. The minimum atomic E-state index is -0.976. The van der Waals surface area contributed by atoms with Gasteiger partial charge in [0.25, 0.3) is 5.91 Å². The van der Waals surface area contributed by atoms with Crippen LogP contribution < -0.4 is 5.32 Å². The highest BCUT2D eigenvalue weighted by atomic mass is 16.5. The van der Waals surface area contributed by atoms with Gasteiger partial charge in [0.05, 0.1) is 0 Å². The van der Waals surface area contributed by atoms with Crippen LogP contribution in [-0.2, 0) is 9.53 Å². The number of ether oxygens (including phenoxy) is 1. The zero-order valence-electron chi connectivity index (χ0n) is 12.8. The molecule has 3 N–H and O–H groups in total. The lowest BCUT2D eigenvalue weighted by Crippen LogP contribution is -2.21. The number of hydrogen-bond acceptors (Lipinski definition) is 5. The molecule has 2 rings (SSSR count). The smallest absolute Gasteiger partial charge is 0.346 e. The Labute approximate surface area is 133 Å². The normalized spacial score (nSPS) is 10.2. The van der Waals surface area contributed by atoms with E-state index < -0.39 is 30.0 Å². The van der Waals surface area contributed by atoms with Gasteiger partial charge in [-0.15, -0.1) is 0 Å². The van der Waals surface area contributed by atoms with Gasteiger partial charge >= 0.3 is 5.97 Å². The van der Waals surface area contributed by atoms with E-state index in [2.05, 4.69) is 5.32 Å². The molecule has 6 nitrogen and oxygen atoms in total. The van der Waals surface area contributed by atoms with Crippen LogP contribution in [-0.4, -0.2) is 28.7 Å². The maximum atomic E-state index is 11.8. The Hall–Kier alpha value is -3.02. The van der Waals surface area contributed by atoms with E-state index in [1.165, 1.54) is 18.2 Å². The molecular formula is C17H17NO5. The van der Waals surface area contributed by atoms with Crippen LogP contribution in [0.5, 0.6) is 11.5 Å². The summed E-state index contributed by atoms with van der Waals surface area (Å²) in [5, 5.41) is 21.8. The maximum absolute atomic E-state index is 11.8. The minimum Gasteiger partial charge on any atom is -0.507 e. The van der Waals surface area contributed by atoms with Crippen LogP contribution in [0.4, 0.5) is 5.69 Å². The van der Waals surface area contributed by atoms with E-state index in [1.807, 2.05) is 26.0 Å². The van der Waals surface area contributed by atoms with Crippen molar-refractivity contribution in [2.24, 2.45) is 0 Å². The first-order valence-corrected chi connectivity index (χ1v) is 6.93. The van der Waals surface area contributed by atoms with Crippen molar-refractivity contribution in [1.29, 1.82) is 0 Å². The maximum Gasteiger partial charge on any atom is 0.346 e. The van der Waals surface area contributed by atoms with Crippen molar-refractivity contribution in [3.8, 4) is 11.5 Å². The molecule has 0 bridgehead atoms. The van der Waals surface area contributed by atoms with Crippen LogP contribution in [0.15, 0.2) is 36.4 Å². The van der Waals surface area contributed by atoms with Gasteiger partial charge in [-0.25, -0.2) is 4.79 Å². The fourth-order valence-corrected chi connectivity index (χ4v) is 2.08. The predicted octanol–water partition coefficient (Wildman–Crippen LogP) is 2.51. The van der Waals surface area contributed by atoms with Crippen molar-refractivity contribution < 1.29 is 24.5 Å². The Bertz CT molecular complexity index is 734. The quantitative estimate of drug-likeness (QED) is 0.753. The predicted molar refractivity (Wildman–Crippen MR) is 84.6 cm³/mol. The monoisotopic (exact) mass is 315 g/mol. The molecule has 6 heteroatoms. The van der Waals surface area contributed by atoms with Gasteiger partial charge in [-0.3, -0.25) is 4.79 Å². The van der Waals surface area contributed by atoms with Crippen LogP contribution in [0.1, 0.15) is 21.5 Å². The summed E-state index contributed by atoms with van der Waals surface area (Å²) in [6, 6.07) is 9.40. The Morgan fingerprint density at radius 2 is 1.74 bits per heavy atom. The Balaban J connectivity index is 1.98. The fourth-order valence-electron chi connectivity index (χ4n) is 2.08.